The average Bonchev–Trinajstić information content (AvgIpc) is 3.08. The summed E-state index contributed by atoms with van der Waals surface area (Å²) in [5, 5.41) is 17.0. The SMILES string of the molecule is CCOC(=O)c1cnn(-c2ccc(C(=O)NCC3CCOCC3)cn2)c1O. The molecule has 1 fully saturated rings. The lowest BCUT2D eigenvalue weighted by atomic mass is 10.0. The van der Waals surface area contributed by atoms with E-state index < -0.39 is 5.97 Å². The van der Waals surface area contributed by atoms with Gasteiger partial charge in [0.15, 0.2) is 5.82 Å². The number of pyridine rings is 1. The smallest absolute Gasteiger partial charge is 0.345 e. The third-order valence-corrected chi connectivity index (χ3v) is 4.36. The van der Waals surface area contributed by atoms with Crippen molar-refractivity contribution >= 4 is 11.9 Å². The van der Waals surface area contributed by atoms with Gasteiger partial charge >= 0.3 is 5.97 Å². The van der Waals surface area contributed by atoms with Gasteiger partial charge in [-0.15, -0.1) is 0 Å². The third-order valence-electron chi connectivity index (χ3n) is 4.36. The molecule has 3 rings (SSSR count). The topological polar surface area (TPSA) is 116 Å². The minimum absolute atomic E-state index is 0.0445. The largest absolute Gasteiger partial charge is 0.493 e. The number of aromatic hydroxyl groups is 1. The summed E-state index contributed by atoms with van der Waals surface area (Å²) in [7, 11) is 0. The van der Waals surface area contributed by atoms with Crippen molar-refractivity contribution in [3.8, 4) is 11.7 Å². The van der Waals surface area contributed by atoms with Crippen LogP contribution in [0.25, 0.3) is 5.82 Å². The molecule has 0 radical (unpaired) electrons. The number of nitrogens with one attached hydrogen (secondary N) is 1. The fraction of sp³-hybridized carbons (Fsp3) is 0.444. The number of rotatable bonds is 6. The van der Waals surface area contributed by atoms with Crippen LogP contribution in [0, 0.1) is 5.92 Å². The molecule has 27 heavy (non-hydrogen) atoms. The molecular weight excluding hydrogens is 352 g/mol. The van der Waals surface area contributed by atoms with Gasteiger partial charge in [0.05, 0.1) is 18.4 Å². The van der Waals surface area contributed by atoms with Crippen molar-refractivity contribution in [3.05, 3.63) is 35.7 Å². The van der Waals surface area contributed by atoms with E-state index in [2.05, 4.69) is 15.4 Å². The highest BCUT2D eigenvalue weighted by molar-refractivity contribution is 5.94. The summed E-state index contributed by atoms with van der Waals surface area (Å²) in [6.07, 6.45) is 4.50. The van der Waals surface area contributed by atoms with E-state index in [1.54, 1.807) is 19.1 Å². The Morgan fingerprint density at radius 3 is 2.78 bits per heavy atom. The molecule has 9 heteroatoms. The summed E-state index contributed by atoms with van der Waals surface area (Å²) in [6, 6.07) is 3.14. The van der Waals surface area contributed by atoms with E-state index in [1.807, 2.05) is 0 Å². The van der Waals surface area contributed by atoms with Crippen LogP contribution in [0.1, 0.15) is 40.5 Å². The molecule has 3 heterocycles. The predicted octanol–water partition coefficient (Wildman–Crippen LogP) is 1.31. The van der Waals surface area contributed by atoms with Crippen molar-refractivity contribution in [1.82, 2.24) is 20.1 Å². The zero-order chi connectivity index (χ0) is 19.2. The van der Waals surface area contributed by atoms with E-state index >= 15 is 0 Å². The number of ether oxygens (including phenoxy) is 2. The summed E-state index contributed by atoms with van der Waals surface area (Å²) in [5.74, 6) is -0.526. The first-order valence-corrected chi connectivity index (χ1v) is 8.86. The number of hydrogen-bond donors (Lipinski definition) is 2. The molecule has 9 nitrogen and oxygen atoms in total. The number of nitrogens with zero attached hydrogens (tertiary/aromatic N) is 3. The molecule has 0 unspecified atom stereocenters. The van der Waals surface area contributed by atoms with Crippen molar-refractivity contribution < 1.29 is 24.2 Å². The van der Waals surface area contributed by atoms with Gasteiger partial charge in [0, 0.05) is 26.0 Å². The monoisotopic (exact) mass is 374 g/mol. The van der Waals surface area contributed by atoms with Gasteiger partial charge in [-0.25, -0.2) is 9.78 Å². The van der Waals surface area contributed by atoms with Gasteiger partial charge in [0.25, 0.3) is 5.91 Å². The lowest BCUT2D eigenvalue weighted by molar-refractivity contribution is 0.0522. The molecule has 0 aliphatic carbocycles. The molecule has 1 aliphatic rings. The van der Waals surface area contributed by atoms with Gasteiger partial charge in [-0.1, -0.05) is 0 Å². The Hall–Kier alpha value is -2.94. The molecule has 2 N–H and O–H groups in total. The molecule has 0 aromatic carbocycles. The van der Waals surface area contributed by atoms with Crippen LogP contribution in [-0.4, -0.2) is 58.1 Å². The van der Waals surface area contributed by atoms with Crippen molar-refractivity contribution in [3.63, 3.8) is 0 Å². The molecule has 2 aromatic rings. The first kappa shape index (κ1) is 18.8. The Morgan fingerprint density at radius 2 is 2.11 bits per heavy atom. The lowest BCUT2D eigenvalue weighted by Crippen LogP contribution is -2.32. The summed E-state index contributed by atoms with van der Waals surface area (Å²) in [4.78, 5) is 28.1. The average molecular weight is 374 g/mol. The molecule has 1 aliphatic heterocycles. The standard InChI is InChI=1S/C18H22N4O5/c1-2-27-18(25)14-11-21-22(17(14)24)15-4-3-13(10-19-15)16(23)20-9-12-5-7-26-8-6-12/h3-4,10-12,24H,2,5-9H2,1H3,(H,20,23). The van der Waals surface area contributed by atoms with Crippen LogP contribution in [0.3, 0.4) is 0 Å². The summed E-state index contributed by atoms with van der Waals surface area (Å²) >= 11 is 0. The number of hydrogen-bond acceptors (Lipinski definition) is 7. The Morgan fingerprint density at radius 1 is 1.33 bits per heavy atom. The second-order valence-corrected chi connectivity index (χ2v) is 6.18. The zero-order valence-corrected chi connectivity index (χ0v) is 15.1. The minimum Gasteiger partial charge on any atom is -0.493 e. The second kappa shape index (κ2) is 8.63. The molecule has 144 valence electrons. The van der Waals surface area contributed by atoms with Crippen LogP contribution >= 0.6 is 0 Å². The van der Waals surface area contributed by atoms with Crippen molar-refractivity contribution in [2.24, 2.45) is 5.92 Å². The Kier molecular flexibility index (Phi) is 6.02. The van der Waals surface area contributed by atoms with Gasteiger partial charge in [-0.2, -0.15) is 9.78 Å². The van der Waals surface area contributed by atoms with Gasteiger partial charge in [-0.05, 0) is 37.8 Å². The maximum atomic E-state index is 12.3. The van der Waals surface area contributed by atoms with Crippen LogP contribution in [-0.2, 0) is 9.47 Å². The van der Waals surface area contributed by atoms with E-state index in [-0.39, 0.29) is 29.8 Å². The normalized spacial score (nSPS) is 14.7. The quantitative estimate of drug-likeness (QED) is 0.732. The van der Waals surface area contributed by atoms with Crippen LogP contribution in [0.2, 0.25) is 0 Å². The Bertz CT molecular complexity index is 797. The van der Waals surface area contributed by atoms with Gasteiger partial charge in [0.1, 0.15) is 5.56 Å². The molecule has 2 aromatic heterocycles. The highest BCUT2D eigenvalue weighted by Crippen LogP contribution is 2.21. The van der Waals surface area contributed by atoms with Crippen molar-refractivity contribution in [2.75, 3.05) is 26.4 Å². The van der Waals surface area contributed by atoms with Gasteiger partial charge in [0.2, 0.25) is 5.88 Å². The predicted molar refractivity (Wildman–Crippen MR) is 94.9 cm³/mol. The van der Waals surface area contributed by atoms with E-state index in [0.717, 1.165) is 30.7 Å². The molecular formula is C18H22N4O5. The van der Waals surface area contributed by atoms with Crippen LogP contribution in [0.15, 0.2) is 24.5 Å². The Labute approximate surface area is 156 Å². The molecule has 0 spiro atoms. The Balaban J connectivity index is 1.64. The van der Waals surface area contributed by atoms with Crippen molar-refractivity contribution in [2.45, 2.75) is 19.8 Å². The summed E-state index contributed by atoms with van der Waals surface area (Å²) in [6.45, 7) is 3.94. The van der Waals surface area contributed by atoms with Crippen LogP contribution in [0.4, 0.5) is 0 Å². The molecule has 0 bridgehead atoms. The number of carbonyl (C=O) groups is 2. The zero-order valence-electron chi connectivity index (χ0n) is 15.1. The van der Waals surface area contributed by atoms with E-state index in [9.17, 15) is 14.7 Å². The maximum absolute atomic E-state index is 12.3. The first-order chi connectivity index (χ1) is 13.1. The third kappa shape index (κ3) is 4.43. The number of amides is 1. The summed E-state index contributed by atoms with van der Waals surface area (Å²) in [5.41, 5.74) is 0.361. The maximum Gasteiger partial charge on any atom is 0.345 e. The van der Waals surface area contributed by atoms with Gasteiger partial charge in [-0.3, -0.25) is 4.79 Å². The van der Waals surface area contributed by atoms with E-state index in [0.29, 0.717) is 18.0 Å². The number of esters is 1. The lowest BCUT2D eigenvalue weighted by Gasteiger charge is -2.22. The fourth-order valence-corrected chi connectivity index (χ4v) is 2.80. The number of carbonyl (C=O) groups excluding carboxylic acids is 2. The van der Waals surface area contributed by atoms with E-state index in [4.69, 9.17) is 9.47 Å². The molecule has 0 atom stereocenters. The van der Waals surface area contributed by atoms with Crippen molar-refractivity contribution in [1.29, 1.82) is 0 Å². The summed E-state index contributed by atoms with van der Waals surface area (Å²) < 4.78 is 11.3. The van der Waals surface area contributed by atoms with E-state index in [1.165, 1.54) is 12.4 Å². The fourth-order valence-electron chi connectivity index (χ4n) is 2.80. The highest BCUT2D eigenvalue weighted by atomic mass is 16.5. The van der Waals surface area contributed by atoms with Crippen LogP contribution < -0.4 is 5.32 Å². The number of aromatic nitrogens is 3. The second-order valence-electron chi connectivity index (χ2n) is 6.18. The molecule has 1 amide bonds. The van der Waals surface area contributed by atoms with Gasteiger partial charge < -0.3 is 19.9 Å². The first-order valence-electron chi connectivity index (χ1n) is 8.86. The molecule has 1 saturated heterocycles. The molecule has 0 saturated carbocycles. The highest BCUT2D eigenvalue weighted by Gasteiger charge is 2.20. The van der Waals surface area contributed by atoms with Crippen LogP contribution in [0.5, 0.6) is 5.88 Å². The minimum atomic E-state index is -0.662.